The molecular weight excluding hydrogens is 204 g/mol. The lowest BCUT2D eigenvalue weighted by molar-refractivity contribution is 0.0600. The Morgan fingerprint density at radius 3 is 3.00 bits per heavy atom. The maximum absolute atomic E-state index is 11.3. The standard InChI is InChI=1S/C12H16N2O2/c1-4-8-14(5-2)11-9-10(6-7-13-11)12(15)16-3/h4,6-7,9H,1,5,8H2,2-3H3. The quantitative estimate of drug-likeness (QED) is 0.561. The van der Waals surface area contributed by atoms with Crippen molar-refractivity contribution < 1.29 is 9.53 Å². The first-order chi connectivity index (χ1) is 7.72. The molecule has 0 unspecified atom stereocenters. The lowest BCUT2D eigenvalue weighted by atomic mass is 10.2. The average Bonchev–Trinajstić information content (AvgIpc) is 2.35. The first kappa shape index (κ1) is 12.2. The van der Waals surface area contributed by atoms with Gasteiger partial charge >= 0.3 is 5.97 Å². The topological polar surface area (TPSA) is 42.4 Å². The Bertz CT molecular complexity index is 377. The summed E-state index contributed by atoms with van der Waals surface area (Å²) in [6.45, 7) is 7.22. The van der Waals surface area contributed by atoms with Gasteiger partial charge in [0.2, 0.25) is 0 Å². The number of likely N-dealkylation sites (N-methyl/N-ethyl adjacent to an activating group) is 1. The van der Waals surface area contributed by atoms with Crippen molar-refractivity contribution in [3.63, 3.8) is 0 Å². The molecule has 1 heterocycles. The van der Waals surface area contributed by atoms with Crippen LogP contribution >= 0.6 is 0 Å². The molecule has 0 bridgehead atoms. The molecule has 1 rings (SSSR count). The zero-order valence-electron chi connectivity index (χ0n) is 9.64. The first-order valence-electron chi connectivity index (χ1n) is 5.13. The molecule has 0 N–H and O–H groups in total. The highest BCUT2D eigenvalue weighted by atomic mass is 16.5. The van der Waals surface area contributed by atoms with E-state index in [1.54, 1.807) is 24.4 Å². The van der Waals surface area contributed by atoms with Gasteiger partial charge in [-0.15, -0.1) is 6.58 Å². The highest BCUT2D eigenvalue weighted by Gasteiger charge is 2.09. The minimum atomic E-state index is -0.349. The third-order valence-electron chi connectivity index (χ3n) is 2.22. The Balaban J connectivity index is 2.96. The number of rotatable bonds is 5. The van der Waals surface area contributed by atoms with E-state index in [2.05, 4.69) is 16.3 Å². The van der Waals surface area contributed by atoms with E-state index in [1.165, 1.54) is 7.11 Å². The number of methoxy groups -OCH3 is 1. The number of aromatic nitrogens is 1. The summed E-state index contributed by atoms with van der Waals surface area (Å²) in [5.41, 5.74) is 0.509. The van der Waals surface area contributed by atoms with Crippen LogP contribution in [0.5, 0.6) is 0 Å². The summed E-state index contributed by atoms with van der Waals surface area (Å²) in [7, 11) is 1.36. The van der Waals surface area contributed by atoms with Gasteiger partial charge in [0.15, 0.2) is 0 Å². The molecule has 4 heteroatoms. The molecule has 0 aliphatic carbocycles. The normalized spacial score (nSPS) is 9.62. The van der Waals surface area contributed by atoms with Gasteiger partial charge in [-0.3, -0.25) is 0 Å². The number of hydrogen-bond acceptors (Lipinski definition) is 4. The van der Waals surface area contributed by atoms with Gasteiger partial charge in [-0.25, -0.2) is 9.78 Å². The summed E-state index contributed by atoms with van der Waals surface area (Å²) >= 11 is 0. The number of carbonyl (C=O) groups is 1. The van der Waals surface area contributed by atoms with Crippen molar-refractivity contribution in [3.8, 4) is 0 Å². The van der Waals surface area contributed by atoms with E-state index in [-0.39, 0.29) is 5.97 Å². The second-order valence-electron chi connectivity index (χ2n) is 3.22. The molecule has 4 nitrogen and oxygen atoms in total. The SMILES string of the molecule is C=CCN(CC)c1cc(C(=O)OC)ccn1. The largest absolute Gasteiger partial charge is 0.465 e. The zero-order valence-corrected chi connectivity index (χ0v) is 9.64. The van der Waals surface area contributed by atoms with Crippen molar-refractivity contribution in [1.82, 2.24) is 4.98 Å². The predicted octanol–water partition coefficient (Wildman–Crippen LogP) is 1.88. The lowest BCUT2D eigenvalue weighted by Gasteiger charge is -2.20. The minimum Gasteiger partial charge on any atom is -0.465 e. The molecule has 86 valence electrons. The van der Waals surface area contributed by atoms with Crippen LogP contribution in [0.4, 0.5) is 5.82 Å². The maximum Gasteiger partial charge on any atom is 0.338 e. The fourth-order valence-electron chi connectivity index (χ4n) is 1.38. The maximum atomic E-state index is 11.3. The van der Waals surface area contributed by atoms with Crippen molar-refractivity contribution in [2.75, 3.05) is 25.1 Å². The van der Waals surface area contributed by atoms with Gasteiger partial charge in [-0.2, -0.15) is 0 Å². The van der Waals surface area contributed by atoms with Gasteiger partial charge in [0.1, 0.15) is 5.82 Å². The molecule has 0 fully saturated rings. The van der Waals surface area contributed by atoms with Crippen LogP contribution in [-0.2, 0) is 4.74 Å². The Kier molecular flexibility index (Phi) is 4.51. The molecule has 1 aromatic rings. The highest BCUT2D eigenvalue weighted by molar-refractivity contribution is 5.90. The predicted molar refractivity (Wildman–Crippen MR) is 63.7 cm³/mol. The third-order valence-corrected chi connectivity index (χ3v) is 2.22. The van der Waals surface area contributed by atoms with Gasteiger partial charge in [-0.1, -0.05) is 6.08 Å². The second-order valence-corrected chi connectivity index (χ2v) is 3.22. The Labute approximate surface area is 95.6 Å². The molecule has 0 spiro atoms. The number of hydrogen-bond donors (Lipinski definition) is 0. The molecule has 1 aromatic heterocycles. The van der Waals surface area contributed by atoms with E-state index < -0.39 is 0 Å². The number of ether oxygens (including phenoxy) is 1. The monoisotopic (exact) mass is 220 g/mol. The van der Waals surface area contributed by atoms with Crippen LogP contribution in [0, 0.1) is 0 Å². The van der Waals surface area contributed by atoms with Crippen molar-refractivity contribution >= 4 is 11.8 Å². The van der Waals surface area contributed by atoms with Crippen LogP contribution in [0.15, 0.2) is 31.0 Å². The minimum absolute atomic E-state index is 0.349. The molecule has 0 aromatic carbocycles. The van der Waals surface area contributed by atoms with Gasteiger partial charge < -0.3 is 9.64 Å². The summed E-state index contributed by atoms with van der Waals surface area (Å²) in [4.78, 5) is 17.6. The molecule has 0 aliphatic rings. The average molecular weight is 220 g/mol. The molecule has 0 saturated carbocycles. The van der Waals surface area contributed by atoms with Crippen molar-refractivity contribution in [2.45, 2.75) is 6.92 Å². The van der Waals surface area contributed by atoms with E-state index in [0.29, 0.717) is 12.1 Å². The van der Waals surface area contributed by atoms with Gasteiger partial charge in [0, 0.05) is 19.3 Å². The van der Waals surface area contributed by atoms with E-state index in [4.69, 9.17) is 0 Å². The summed E-state index contributed by atoms with van der Waals surface area (Å²) in [6.07, 6.45) is 3.41. The molecule has 0 saturated heterocycles. The first-order valence-corrected chi connectivity index (χ1v) is 5.13. The van der Waals surface area contributed by atoms with Crippen molar-refractivity contribution in [1.29, 1.82) is 0 Å². The number of carbonyl (C=O) groups excluding carboxylic acids is 1. The summed E-state index contributed by atoms with van der Waals surface area (Å²) in [5, 5.41) is 0. The molecule has 0 atom stereocenters. The number of pyridine rings is 1. The fraction of sp³-hybridized carbons (Fsp3) is 0.333. The zero-order chi connectivity index (χ0) is 12.0. The Morgan fingerprint density at radius 1 is 1.69 bits per heavy atom. The number of esters is 1. The Hall–Kier alpha value is -1.84. The van der Waals surface area contributed by atoms with Crippen LogP contribution in [0.1, 0.15) is 17.3 Å². The Morgan fingerprint density at radius 2 is 2.44 bits per heavy atom. The number of anilines is 1. The third kappa shape index (κ3) is 2.82. The van der Waals surface area contributed by atoms with E-state index in [0.717, 1.165) is 12.4 Å². The lowest BCUT2D eigenvalue weighted by Crippen LogP contribution is -2.23. The van der Waals surface area contributed by atoms with E-state index in [1.807, 2.05) is 11.8 Å². The number of nitrogens with zero attached hydrogens (tertiary/aromatic N) is 2. The van der Waals surface area contributed by atoms with Gasteiger partial charge in [0.25, 0.3) is 0 Å². The molecular formula is C12H16N2O2. The van der Waals surface area contributed by atoms with Crippen LogP contribution in [0.3, 0.4) is 0 Å². The van der Waals surface area contributed by atoms with Crippen LogP contribution in [0.2, 0.25) is 0 Å². The van der Waals surface area contributed by atoms with Gasteiger partial charge in [-0.05, 0) is 19.1 Å². The van der Waals surface area contributed by atoms with Crippen LogP contribution in [0.25, 0.3) is 0 Å². The van der Waals surface area contributed by atoms with Crippen molar-refractivity contribution in [2.24, 2.45) is 0 Å². The summed E-state index contributed by atoms with van der Waals surface area (Å²) < 4.78 is 4.66. The van der Waals surface area contributed by atoms with E-state index in [9.17, 15) is 4.79 Å². The van der Waals surface area contributed by atoms with Crippen LogP contribution < -0.4 is 4.90 Å². The molecule has 0 aliphatic heterocycles. The van der Waals surface area contributed by atoms with Crippen molar-refractivity contribution in [3.05, 3.63) is 36.5 Å². The highest BCUT2D eigenvalue weighted by Crippen LogP contribution is 2.13. The van der Waals surface area contributed by atoms with Crippen LogP contribution in [-0.4, -0.2) is 31.2 Å². The van der Waals surface area contributed by atoms with E-state index >= 15 is 0 Å². The molecule has 0 amide bonds. The summed E-state index contributed by atoms with van der Waals surface area (Å²) in [6, 6.07) is 3.36. The molecule has 0 radical (unpaired) electrons. The second kappa shape index (κ2) is 5.90. The summed E-state index contributed by atoms with van der Waals surface area (Å²) in [5.74, 6) is 0.406. The smallest absolute Gasteiger partial charge is 0.338 e. The van der Waals surface area contributed by atoms with Gasteiger partial charge in [0.05, 0.1) is 12.7 Å². The molecule has 16 heavy (non-hydrogen) atoms. The fourth-order valence-corrected chi connectivity index (χ4v) is 1.38.